The van der Waals surface area contributed by atoms with Gasteiger partial charge in [0.15, 0.2) is 0 Å². The summed E-state index contributed by atoms with van der Waals surface area (Å²) in [6.45, 7) is 9.39. The molecule has 0 fully saturated rings. The Hall–Kier alpha value is -2.57. The quantitative estimate of drug-likeness (QED) is 0.813. The predicted octanol–water partition coefficient (Wildman–Crippen LogP) is 4.04. The smallest absolute Gasteiger partial charge is 0.407 e. The Morgan fingerprint density at radius 1 is 1.27 bits per heavy atom. The van der Waals surface area contributed by atoms with Crippen LogP contribution in [-0.4, -0.2) is 35.4 Å². The minimum absolute atomic E-state index is 0.235. The SMILES string of the molecule is CCOC(=O)c1cc2cc(F)ccc2n1[C@H](C)CNC(=O)OC(C)(C)C. The van der Waals surface area contributed by atoms with Crippen LogP contribution in [0.4, 0.5) is 9.18 Å². The number of esters is 1. The van der Waals surface area contributed by atoms with E-state index in [0.29, 0.717) is 16.6 Å². The van der Waals surface area contributed by atoms with Crippen molar-refractivity contribution in [3.8, 4) is 0 Å². The van der Waals surface area contributed by atoms with Gasteiger partial charge in [-0.05, 0) is 58.9 Å². The maximum atomic E-state index is 13.5. The van der Waals surface area contributed by atoms with Crippen molar-refractivity contribution >= 4 is 23.0 Å². The number of hydrogen-bond acceptors (Lipinski definition) is 4. The first kappa shape index (κ1) is 19.8. The zero-order chi connectivity index (χ0) is 19.5. The van der Waals surface area contributed by atoms with E-state index in [2.05, 4.69) is 5.32 Å². The van der Waals surface area contributed by atoms with Gasteiger partial charge in [-0.1, -0.05) is 0 Å². The fraction of sp³-hybridized carbons (Fsp3) is 0.474. The number of rotatable bonds is 5. The largest absolute Gasteiger partial charge is 0.461 e. The van der Waals surface area contributed by atoms with Gasteiger partial charge in [0.25, 0.3) is 0 Å². The second-order valence-corrected chi connectivity index (χ2v) is 7.06. The Morgan fingerprint density at radius 2 is 1.96 bits per heavy atom. The number of alkyl carbamates (subject to hydrolysis) is 1. The van der Waals surface area contributed by atoms with Crippen LogP contribution in [0.25, 0.3) is 10.9 Å². The highest BCUT2D eigenvalue weighted by Crippen LogP contribution is 2.25. The highest BCUT2D eigenvalue weighted by molar-refractivity contribution is 5.95. The van der Waals surface area contributed by atoms with E-state index >= 15 is 0 Å². The molecule has 1 aromatic heterocycles. The van der Waals surface area contributed by atoms with Crippen LogP contribution in [-0.2, 0) is 9.47 Å². The number of hydrogen-bond donors (Lipinski definition) is 1. The third-order valence-electron chi connectivity index (χ3n) is 3.67. The van der Waals surface area contributed by atoms with Crippen molar-refractivity contribution in [2.75, 3.05) is 13.2 Å². The lowest BCUT2D eigenvalue weighted by molar-refractivity contribution is 0.0512. The standard InChI is InChI=1S/C19H25FN2O4/c1-6-25-17(23)16-10-13-9-14(20)7-8-15(13)22(16)12(2)11-21-18(24)26-19(3,4)5/h7-10,12H,6,11H2,1-5H3,(H,21,24)/t12-/m1/s1. The summed E-state index contributed by atoms with van der Waals surface area (Å²) in [7, 11) is 0. The van der Waals surface area contributed by atoms with Gasteiger partial charge in [0.05, 0.1) is 6.61 Å². The van der Waals surface area contributed by atoms with Crippen LogP contribution in [0.1, 0.15) is 51.1 Å². The van der Waals surface area contributed by atoms with E-state index in [1.807, 2.05) is 6.92 Å². The third-order valence-corrected chi connectivity index (χ3v) is 3.67. The number of nitrogens with zero attached hydrogens (tertiary/aromatic N) is 1. The Morgan fingerprint density at radius 3 is 2.58 bits per heavy atom. The average molecular weight is 364 g/mol. The Kier molecular flexibility index (Phi) is 5.90. The highest BCUT2D eigenvalue weighted by atomic mass is 19.1. The number of carbonyl (C=O) groups excluding carboxylic acids is 2. The molecule has 0 spiro atoms. The first-order valence-corrected chi connectivity index (χ1v) is 8.57. The first-order chi connectivity index (χ1) is 12.1. The second kappa shape index (κ2) is 7.76. The normalized spacial score (nSPS) is 12.7. The van der Waals surface area contributed by atoms with Crippen molar-refractivity contribution in [2.45, 2.75) is 46.3 Å². The molecule has 1 aromatic carbocycles. The van der Waals surface area contributed by atoms with E-state index in [1.165, 1.54) is 12.1 Å². The number of ether oxygens (including phenoxy) is 2. The number of benzene rings is 1. The summed E-state index contributed by atoms with van der Waals surface area (Å²) in [5.74, 6) is -0.877. The number of aromatic nitrogens is 1. The molecule has 1 atom stereocenters. The maximum Gasteiger partial charge on any atom is 0.407 e. The summed E-state index contributed by atoms with van der Waals surface area (Å²) < 4.78 is 25.6. The fourth-order valence-corrected chi connectivity index (χ4v) is 2.68. The molecule has 1 heterocycles. The first-order valence-electron chi connectivity index (χ1n) is 8.57. The lowest BCUT2D eigenvalue weighted by Gasteiger charge is -2.22. The molecule has 2 aromatic rings. The van der Waals surface area contributed by atoms with Gasteiger partial charge in [-0.15, -0.1) is 0 Å². The molecule has 0 unspecified atom stereocenters. The molecule has 0 aliphatic rings. The predicted molar refractivity (Wildman–Crippen MR) is 96.8 cm³/mol. The molecule has 0 aliphatic carbocycles. The summed E-state index contributed by atoms with van der Waals surface area (Å²) in [4.78, 5) is 24.2. The molecular formula is C19H25FN2O4. The van der Waals surface area contributed by atoms with Gasteiger partial charge in [-0.2, -0.15) is 0 Å². The molecule has 6 nitrogen and oxygen atoms in total. The van der Waals surface area contributed by atoms with Crippen LogP contribution < -0.4 is 5.32 Å². The van der Waals surface area contributed by atoms with Crippen molar-refractivity contribution in [2.24, 2.45) is 0 Å². The summed E-state index contributed by atoms with van der Waals surface area (Å²) in [6, 6.07) is 5.63. The van der Waals surface area contributed by atoms with Gasteiger partial charge in [-0.3, -0.25) is 0 Å². The average Bonchev–Trinajstić information content (AvgIpc) is 2.89. The molecule has 1 amide bonds. The van der Waals surface area contributed by atoms with Crippen molar-refractivity contribution in [1.82, 2.24) is 9.88 Å². The minimum Gasteiger partial charge on any atom is -0.461 e. The zero-order valence-corrected chi connectivity index (χ0v) is 15.8. The van der Waals surface area contributed by atoms with Crippen LogP contribution in [0, 0.1) is 5.82 Å². The van der Waals surface area contributed by atoms with Gasteiger partial charge in [0.1, 0.15) is 17.1 Å². The van der Waals surface area contributed by atoms with E-state index in [9.17, 15) is 14.0 Å². The molecule has 0 bridgehead atoms. The Bertz CT molecular complexity index is 808. The van der Waals surface area contributed by atoms with E-state index in [4.69, 9.17) is 9.47 Å². The summed E-state index contributed by atoms with van der Waals surface area (Å²) in [5.41, 5.74) is 0.403. The van der Waals surface area contributed by atoms with Crippen molar-refractivity contribution in [1.29, 1.82) is 0 Å². The van der Waals surface area contributed by atoms with E-state index in [-0.39, 0.29) is 25.0 Å². The van der Waals surface area contributed by atoms with E-state index in [0.717, 1.165) is 0 Å². The van der Waals surface area contributed by atoms with Gasteiger partial charge in [0, 0.05) is 23.5 Å². The lowest BCUT2D eigenvalue weighted by Crippen LogP contribution is -2.35. The van der Waals surface area contributed by atoms with Gasteiger partial charge >= 0.3 is 12.1 Å². The zero-order valence-electron chi connectivity index (χ0n) is 15.8. The second-order valence-electron chi connectivity index (χ2n) is 7.06. The van der Waals surface area contributed by atoms with Crippen LogP contribution in [0.2, 0.25) is 0 Å². The number of carbonyl (C=O) groups is 2. The van der Waals surface area contributed by atoms with Crippen LogP contribution >= 0.6 is 0 Å². The van der Waals surface area contributed by atoms with Crippen molar-refractivity contribution < 1.29 is 23.5 Å². The molecule has 0 saturated carbocycles. The monoisotopic (exact) mass is 364 g/mol. The van der Waals surface area contributed by atoms with Gasteiger partial charge < -0.3 is 19.4 Å². The minimum atomic E-state index is -0.596. The Labute approximate surface area is 152 Å². The van der Waals surface area contributed by atoms with Gasteiger partial charge in [0.2, 0.25) is 0 Å². The van der Waals surface area contributed by atoms with Crippen molar-refractivity contribution in [3.63, 3.8) is 0 Å². The van der Waals surface area contributed by atoms with E-state index < -0.39 is 17.7 Å². The van der Waals surface area contributed by atoms with E-state index in [1.54, 1.807) is 44.4 Å². The summed E-state index contributed by atoms with van der Waals surface area (Å²) >= 11 is 0. The molecule has 0 saturated heterocycles. The highest BCUT2D eigenvalue weighted by Gasteiger charge is 2.22. The topological polar surface area (TPSA) is 69.6 Å². The summed E-state index contributed by atoms with van der Waals surface area (Å²) in [5, 5.41) is 3.29. The number of amides is 1. The number of fused-ring (bicyclic) bond motifs is 1. The molecule has 0 aliphatic heterocycles. The molecule has 142 valence electrons. The fourth-order valence-electron chi connectivity index (χ4n) is 2.68. The third kappa shape index (κ3) is 4.74. The maximum absolute atomic E-state index is 13.5. The van der Waals surface area contributed by atoms with Gasteiger partial charge in [-0.25, -0.2) is 14.0 Å². The molecule has 26 heavy (non-hydrogen) atoms. The molecule has 7 heteroatoms. The van der Waals surface area contributed by atoms with Crippen LogP contribution in [0.15, 0.2) is 24.3 Å². The molecule has 1 N–H and O–H groups in total. The van der Waals surface area contributed by atoms with Crippen molar-refractivity contribution in [3.05, 3.63) is 35.8 Å². The molecular weight excluding hydrogens is 339 g/mol. The van der Waals surface area contributed by atoms with Crippen LogP contribution in [0.3, 0.4) is 0 Å². The Balaban J connectivity index is 2.29. The molecule has 0 radical (unpaired) electrons. The van der Waals surface area contributed by atoms with Crippen LogP contribution in [0.5, 0.6) is 0 Å². The molecule has 2 rings (SSSR count). The lowest BCUT2D eigenvalue weighted by atomic mass is 10.2. The number of halogens is 1. The number of nitrogens with one attached hydrogen (secondary N) is 1. The summed E-state index contributed by atoms with van der Waals surface area (Å²) in [6.07, 6.45) is -0.537.